The summed E-state index contributed by atoms with van der Waals surface area (Å²) in [6, 6.07) is 10.2. The van der Waals surface area contributed by atoms with Crippen molar-refractivity contribution in [3.05, 3.63) is 65.7 Å². The summed E-state index contributed by atoms with van der Waals surface area (Å²) in [7, 11) is 0. The number of unbranched alkanes of at least 4 members (excludes halogenated alkanes) is 1. The van der Waals surface area contributed by atoms with E-state index in [0.29, 0.717) is 24.1 Å². The second kappa shape index (κ2) is 9.24. The van der Waals surface area contributed by atoms with E-state index < -0.39 is 41.6 Å². The van der Waals surface area contributed by atoms with Gasteiger partial charge in [-0.05, 0) is 55.3 Å². The summed E-state index contributed by atoms with van der Waals surface area (Å²) in [4.78, 5) is 41.3. The largest absolute Gasteiger partial charge is 0.325 e. The fourth-order valence-corrected chi connectivity index (χ4v) is 3.80. The Morgan fingerprint density at radius 3 is 2.13 bits per heavy atom. The number of carbonyl (C=O) groups excluding carboxylic acids is 3. The molecule has 1 fully saturated rings. The van der Waals surface area contributed by atoms with Crippen molar-refractivity contribution in [2.75, 3.05) is 18.0 Å². The molecule has 1 aliphatic heterocycles. The molecule has 8 heteroatoms. The van der Waals surface area contributed by atoms with Gasteiger partial charge >= 0.3 is 6.03 Å². The Kier molecular flexibility index (Phi) is 6.68. The number of likely N-dealkylation sites (N-methyl/N-ethyl adjacent to an activating group) is 1. The van der Waals surface area contributed by atoms with Crippen LogP contribution in [0.5, 0.6) is 0 Å². The molecule has 0 radical (unpaired) electrons. The third-order valence-electron chi connectivity index (χ3n) is 5.47. The number of urea groups is 1. The van der Waals surface area contributed by atoms with E-state index in [1.807, 2.05) is 6.92 Å². The topological polar surface area (TPSA) is 69.7 Å². The Bertz CT molecular complexity index is 963. The molecule has 6 nitrogen and oxygen atoms in total. The standard InChI is InChI=1S/C23H25F2N3O3/c1-3-5-14-23(16-6-8-17(24)9-7-16)21(30)28(22(31)26-23)15-20(29)27(4-2)19-12-10-18(25)11-13-19/h6-13H,3-5,14-15H2,1-2H3,(H,26,31). The van der Waals surface area contributed by atoms with Crippen molar-refractivity contribution in [3.63, 3.8) is 0 Å². The van der Waals surface area contributed by atoms with Crippen molar-refractivity contribution < 1.29 is 23.2 Å². The van der Waals surface area contributed by atoms with Gasteiger partial charge in [-0.1, -0.05) is 31.9 Å². The molecule has 164 valence electrons. The van der Waals surface area contributed by atoms with Gasteiger partial charge < -0.3 is 10.2 Å². The Labute approximate surface area is 179 Å². The van der Waals surface area contributed by atoms with E-state index in [-0.39, 0.29) is 6.54 Å². The lowest BCUT2D eigenvalue weighted by molar-refractivity contribution is -0.134. The predicted octanol–water partition coefficient (Wildman–Crippen LogP) is 3.96. The van der Waals surface area contributed by atoms with Gasteiger partial charge in [-0.15, -0.1) is 0 Å². The van der Waals surface area contributed by atoms with E-state index in [2.05, 4.69) is 5.32 Å². The first-order chi connectivity index (χ1) is 14.8. The molecule has 1 heterocycles. The van der Waals surface area contributed by atoms with Crippen LogP contribution in [-0.4, -0.2) is 35.8 Å². The van der Waals surface area contributed by atoms with E-state index >= 15 is 0 Å². The van der Waals surface area contributed by atoms with Crippen LogP contribution in [0.25, 0.3) is 0 Å². The van der Waals surface area contributed by atoms with Crippen molar-refractivity contribution in [2.24, 2.45) is 0 Å². The summed E-state index contributed by atoms with van der Waals surface area (Å²) in [5, 5.41) is 2.74. The van der Waals surface area contributed by atoms with Crippen LogP contribution in [0.15, 0.2) is 48.5 Å². The Hall–Kier alpha value is -3.29. The second-order valence-corrected chi connectivity index (χ2v) is 7.45. The minimum atomic E-state index is -1.34. The van der Waals surface area contributed by atoms with E-state index in [0.717, 1.165) is 11.3 Å². The number of imide groups is 1. The summed E-state index contributed by atoms with van der Waals surface area (Å²) < 4.78 is 26.7. The van der Waals surface area contributed by atoms with Crippen LogP contribution in [0, 0.1) is 11.6 Å². The van der Waals surface area contributed by atoms with E-state index in [1.165, 1.54) is 53.4 Å². The maximum Gasteiger partial charge on any atom is 0.325 e. The van der Waals surface area contributed by atoms with Crippen molar-refractivity contribution in [1.82, 2.24) is 10.2 Å². The summed E-state index contributed by atoms with van der Waals surface area (Å²) in [6.07, 6.45) is 1.78. The van der Waals surface area contributed by atoms with Crippen LogP contribution >= 0.6 is 0 Å². The second-order valence-electron chi connectivity index (χ2n) is 7.45. The van der Waals surface area contributed by atoms with Gasteiger partial charge in [-0.3, -0.25) is 14.5 Å². The first-order valence-corrected chi connectivity index (χ1v) is 10.3. The Balaban J connectivity index is 1.87. The highest BCUT2D eigenvalue weighted by atomic mass is 19.1. The zero-order chi connectivity index (χ0) is 22.6. The van der Waals surface area contributed by atoms with E-state index in [4.69, 9.17) is 0 Å². The molecule has 4 amide bonds. The number of anilines is 1. The molecular weight excluding hydrogens is 404 g/mol. The number of amides is 4. The molecular formula is C23H25F2N3O3. The van der Waals surface area contributed by atoms with Crippen molar-refractivity contribution in [2.45, 2.75) is 38.6 Å². The van der Waals surface area contributed by atoms with E-state index in [9.17, 15) is 23.2 Å². The number of rotatable bonds is 8. The Morgan fingerprint density at radius 2 is 1.58 bits per heavy atom. The van der Waals surface area contributed by atoms with Crippen LogP contribution < -0.4 is 10.2 Å². The van der Waals surface area contributed by atoms with Crippen LogP contribution in [0.4, 0.5) is 19.3 Å². The molecule has 0 aliphatic carbocycles. The minimum absolute atomic E-state index is 0.285. The normalized spacial score (nSPS) is 18.3. The molecule has 1 N–H and O–H groups in total. The third kappa shape index (κ3) is 4.42. The number of nitrogens with one attached hydrogen (secondary N) is 1. The number of carbonyl (C=O) groups is 3. The fraction of sp³-hybridized carbons (Fsp3) is 0.348. The van der Waals surface area contributed by atoms with Gasteiger partial charge in [-0.25, -0.2) is 13.6 Å². The lowest BCUT2D eigenvalue weighted by Gasteiger charge is -2.28. The van der Waals surface area contributed by atoms with Gasteiger partial charge in [0.25, 0.3) is 5.91 Å². The van der Waals surface area contributed by atoms with Crippen LogP contribution in [0.1, 0.15) is 38.7 Å². The maximum atomic E-state index is 13.4. The van der Waals surface area contributed by atoms with Gasteiger partial charge in [0.05, 0.1) is 0 Å². The zero-order valence-electron chi connectivity index (χ0n) is 17.5. The summed E-state index contributed by atoms with van der Waals surface area (Å²) in [5.41, 5.74) is -0.396. The average molecular weight is 429 g/mol. The first kappa shape index (κ1) is 22.4. The lowest BCUT2D eigenvalue weighted by Crippen LogP contribution is -2.46. The highest BCUT2D eigenvalue weighted by Gasteiger charge is 2.52. The van der Waals surface area contributed by atoms with Crippen molar-refractivity contribution in [3.8, 4) is 0 Å². The van der Waals surface area contributed by atoms with Crippen molar-refractivity contribution >= 4 is 23.5 Å². The SMILES string of the molecule is CCCCC1(c2ccc(F)cc2)NC(=O)N(CC(=O)N(CC)c2ccc(F)cc2)C1=O. The molecule has 31 heavy (non-hydrogen) atoms. The lowest BCUT2D eigenvalue weighted by atomic mass is 9.85. The smallest absolute Gasteiger partial charge is 0.319 e. The molecule has 1 saturated heterocycles. The molecule has 0 saturated carbocycles. The average Bonchev–Trinajstić information content (AvgIpc) is 2.99. The molecule has 1 aliphatic rings. The summed E-state index contributed by atoms with van der Waals surface area (Å²) in [6.45, 7) is 3.54. The molecule has 0 bridgehead atoms. The van der Waals surface area contributed by atoms with Crippen LogP contribution in [0.2, 0.25) is 0 Å². The maximum absolute atomic E-state index is 13.4. The number of hydrogen-bond donors (Lipinski definition) is 1. The number of halogens is 2. The van der Waals surface area contributed by atoms with Gasteiger partial charge in [0.15, 0.2) is 0 Å². The predicted molar refractivity (Wildman–Crippen MR) is 112 cm³/mol. The minimum Gasteiger partial charge on any atom is -0.319 e. The number of hydrogen-bond acceptors (Lipinski definition) is 3. The van der Waals surface area contributed by atoms with Gasteiger partial charge in [0.1, 0.15) is 23.7 Å². The molecule has 0 aromatic heterocycles. The molecule has 1 atom stereocenters. The summed E-state index contributed by atoms with van der Waals surface area (Å²) in [5.74, 6) is -1.89. The molecule has 3 rings (SSSR count). The molecule has 0 spiro atoms. The van der Waals surface area contributed by atoms with Gasteiger partial charge in [-0.2, -0.15) is 0 Å². The number of nitrogens with zero attached hydrogens (tertiary/aromatic N) is 2. The number of benzene rings is 2. The summed E-state index contributed by atoms with van der Waals surface area (Å²) >= 11 is 0. The zero-order valence-corrected chi connectivity index (χ0v) is 17.5. The molecule has 1 unspecified atom stereocenters. The van der Waals surface area contributed by atoms with Gasteiger partial charge in [0, 0.05) is 12.2 Å². The van der Waals surface area contributed by atoms with Crippen molar-refractivity contribution in [1.29, 1.82) is 0 Å². The monoisotopic (exact) mass is 429 g/mol. The van der Waals surface area contributed by atoms with Crippen LogP contribution in [-0.2, 0) is 15.1 Å². The molecule has 2 aromatic carbocycles. The highest BCUT2D eigenvalue weighted by Crippen LogP contribution is 2.34. The van der Waals surface area contributed by atoms with Gasteiger partial charge in [0.2, 0.25) is 5.91 Å². The van der Waals surface area contributed by atoms with Crippen LogP contribution in [0.3, 0.4) is 0 Å². The first-order valence-electron chi connectivity index (χ1n) is 10.3. The fourth-order valence-electron chi connectivity index (χ4n) is 3.80. The third-order valence-corrected chi connectivity index (χ3v) is 5.47. The van der Waals surface area contributed by atoms with E-state index in [1.54, 1.807) is 6.92 Å². The molecule has 2 aromatic rings. The Morgan fingerprint density at radius 1 is 1.00 bits per heavy atom. The quantitative estimate of drug-likeness (QED) is 0.646. The highest BCUT2D eigenvalue weighted by molar-refractivity contribution is 6.10.